The average Bonchev–Trinajstić information content (AvgIpc) is 2.55. The van der Waals surface area contributed by atoms with Crippen molar-refractivity contribution in [3.8, 4) is 16.9 Å². The van der Waals surface area contributed by atoms with E-state index in [1.54, 1.807) is 0 Å². The van der Waals surface area contributed by atoms with Crippen molar-refractivity contribution in [3.05, 3.63) is 59.1 Å². The molecular formula is C18H19N3O2. The number of rotatable bonds is 5. The molecule has 0 spiro atoms. The van der Waals surface area contributed by atoms with Gasteiger partial charge in [0.25, 0.3) is 5.56 Å². The zero-order chi connectivity index (χ0) is 16.2. The number of aromatic amines is 1. The van der Waals surface area contributed by atoms with Gasteiger partial charge in [-0.1, -0.05) is 18.2 Å². The lowest BCUT2D eigenvalue weighted by Crippen LogP contribution is -2.19. The smallest absolute Gasteiger partial charge is 0.258 e. The van der Waals surface area contributed by atoms with Crippen LogP contribution in [0.5, 0.6) is 5.75 Å². The zero-order valence-electron chi connectivity index (χ0n) is 13.2. The Bertz CT molecular complexity index is 854. The highest BCUT2D eigenvalue weighted by molar-refractivity contribution is 5.83. The van der Waals surface area contributed by atoms with Gasteiger partial charge in [-0.3, -0.25) is 4.79 Å². The van der Waals surface area contributed by atoms with Crippen LogP contribution in [0.2, 0.25) is 0 Å². The summed E-state index contributed by atoms with van der Waals surface area (Å²) in [6.45, 7) is 1.53. The molecule has 0 radical (unpaired) electrons. The van der Waals surface area contributed by atoms with Crippen LogP contribution < -0.4 is 10.3 Å². The van der Waals surface area contributed by atoms with Crippen molar-refractivity contribution in [2.24, 2.45) is 0 Å². The van der Waals surface area contributed by atoms with Crippen LogP contribution >= 0.6 is 0 Å². The summed E-state index contributed by atoms with van der Waals surface area (Å²) in [4.78, 5) is 20.7. The first-order chi connectivity index (χ1) is 11.1. The summed E-state index contributed by atoms with van der Waals surface area (Å²) in [5, 5.41) is 0.594. The van der Waals surface area contributed by atoms with Gasteiger partial charge in [-0.15, -0.1) is 0 Å². The summed E-state index contributed by atoms with van der Waals surface area (Å²) in [5.74, 6) is 0.843. The summed E-state index contributed by atoms with van der Waals surface area (Å²) in [6.07, 6.45) is 1.42. The summed E-state index contributed by atoms with van der Waals surface area (Å²) in [7, 11) is 4.03. The van der Waals surface area contributed by atoms with E-state index in [1.807, 2.05) is 56.6 Å². The molecule has 0 amide bonds. The van der Waals surface area contributed by atoms with Crippen LogP contribution in [-0.2, 0) is 0 Å². The van der Waals surface area contributed by atoms with Gasteiger partial charge in [0.2, 0.25) is 0 Å². The lowest BCUT2D eigenvalue weighted by molar-refractivity contribution is 0.261. The second-order valence-corrected chi connectivity index (χ2v) is 5.64. The molecule has 5 heteroatoms. The number of ether oxygens (including phenoxy) is 1. The Morgan fingerprint density at radius 1 is 1.09 bits per heavy atom. The predicted octanol–water partition coefficient (Wildman–Crippen LogP) is 2.53. The molecule has 0 aliphatic carbocycles. The minimum atomic E-state index is -0.125. The molecule has 0 fully saturated rings. The number of fused-ring (bicyclic) bond motifs is 1. The van der Waals surface area contributed by atoms with Crippen molar-refractivity contribution in [1.29, 1.82) is 0 Å². The van der Waals surface area contributed by atoms with E-state index in [-0.39, 0.29) is 5.56 Å². The van der Waals surface area contributed by atoms with E-state index in [0.717, 1.165) is 23.4 Å². The number of nitrogens with one attached hydrogen (secondary N) is 1. The van der Waals surface area contributed by atoms with Crippen molar-refractivity contribution in [2.45, 2.75) is 0 Å². The largest absolute Gasteiger partial charge is 0.492 e. The quantitative estimate of drug-likeness (QED) is 0.787. The van der Waals surface area contributed by atoms with E-state index in [1.165, 1.54) is 6.33 Å². The topological polar surface area (TPSA) is 58.2 Å². The van der Waals surface area contributed by atoms with Gasteiger partial charge in [0, 0.05) is 6.54 Å². The molecule has 0 aliphatic heterocycles. The van der Waals surface area contributed by atoms with E-state index >= 15 is 0 Å². The maximum atomic E-state index is 11.9. The Kier molecular flexibility index (Phi) is 4.39. The summed E-state index contributed by atoms with van der Waals surface area (Å²) >= 11 is 0. The molecule has 118 valence electrons. The van der Waals surface area contributed by atoms with Gasteiger partial charge in [-0.05, 0) is 49.5 Å². The molecule has 0 unspecified atom stereocenters. The summed E-state index contributed by atoms with van der Waals surface area (Å²) in [6, 6.07) is 13.6. The van der Waals surface area contributed by atoms with E-state index < -0.39 is 0 Å². The predicted molar refractivity (Wildman–Crippen MR) is 91.8 cm³/mol. The first-order valence-corrected chi connectivity index (χ1v) is 7.49. The first-order valence-electron chi connectivity index (χ1n) is 7.49. The van der Waals surface area contributed by atoms with Crippen LogP contribution in [0.15, 0.2) is 53.6 Å². The van der Waals surface area contributed by atoms with Gasteiger partial charge < -0.3 is 14.6 Å². The van der Waals surface area contributed by atoms with Gasteiger partial charge >= 0.3 is 0 Å². The van der Waals surface area contributed by atoms with Crippen molar-refractivity contribution >= 4 is 10.9 Å². The number of benzene rings is 2. The standard InChI is InChI=1S/C18H19N3O2/c1-21(2)9-10-23-15-6-3-13(4-7-15)14-5-8-17-16(11-14)18(22)20-12-19-17/h3-8,11-12H,9-10H2,1-2H3,(H,19,20,22). The van der Waals surface area contributed by atoms with E-state index in [0.29, 0.717) is 17.5 Å². The van der Waals surface area contributed by atoms with Crippen molar-refractivity contribution in [3.63, 3.8) is 0 Å². The normalized spacial score (nSPS) is 11.1. The Balaban J connectivity index is 1.82. The fraction of sp³-hybridized carbons (Fsp3) is 0.222. The Labute approximate surface area is 134 Å². The number of H-pyrrole nitrogens is 1. The minimum absolute atomic E-state index is 0.125. The van der Waals surface area contributed by atoms with E-state index in [9.17, 15) is 4.79 Å². The van der Waals surface area contributed by atoms with Gasteiger partial charge in [-0.25, -0.2) is 4.98 Å². The molecule has 5 nitrogen and oxygen atoms in total. The molecule has 0 saturated carbocycles. The van der Waals surface area contributed by atoms with Gasteiger partial charge in [0.15, 0.2) is 0 Å². The molecule has 23 heavy (non-hydrogen) atoms. The van der Waals surface area contributed by atoms with Crippen LogP contribution in [0.4, 0.5) is 0 Å². The summed E-state index contributed by atoms with van der Waals surface area (Å²) < 4.78 is 5.69. The molecule has 0 atom stereocenters. The summed E-state index contributed by atoms with van der Waals surface area (Å²) in [5.41, 5.74) is 2.59. The van der Waals surface area contributed by atoms with Crippen LogP contribution in [0.1, 0.15) is 0 Å². The van der Waals surface area contributed by atoms with E-state index in [4.69, 9.17) is 4.74 Å². The SMILES string of the molecule is CN(C)CCOc1ccc(-c2ccc3nc[nH]c(=O)c3c2)cc1. The van der Waals surface area contributed by atoms with Crippen LogP contribution in [0.25, 0.3) is 22.0 Å². The molecule has 0 saturated heterocycles. The van der Waals surface area contributed by atoms with Crippen molar-refractivity contribution in [1.82, 2.24) is 14.9 Å². The van der Waals surface area contributed by atoms with Crippen molar-refractivity contribution < 1.29 is 4.74 Å². The molecule has 3 rings (SSSR count). The fourth-order valence-corrected chi connectivity index (χ4v) is 2.34. The van der Waals surface area contributed by atoms with Gasteiger partial charge in [0.1, 0.15) is 12.4 Å². The highest BCUT2D eigenvalue weighted by Crippen LogP contribution is 2.24. The Hall–Kier alpha value is -2.66. The Morgan fingerprint density at radius 3 is 2.57 bits per heavy atom. The number of hydrogen-bond acceptors (Lipinski definition) is 4. The number of hydrogen-bond donors (Lipinski definition) is 1. The second-order valence-electron chi connectivity index (χ2n) is 5.64. The minimum Gasteiger partial charge on any atom is -0.492 e. The highest BCUT2D eigenvalue weighted by atomic mass is 16.5. The number of nitrogens with zero attached hydrogens (tertiary/aromatic N) is 2. The van der Waals surface area contributed by atoms with Gasteiger partial charge in [-0.2, -0.15) is 0 Å². The lowest BCUT2D eigenvalue weighted by atomic mass is 10.0. The highest BCUT2D eigenvalue weighted by Gasteiger charge is 2.04. The third-order valence-electron chi connectivity index (χ3n) is 3.64. The molecule has 2 aromatic carbocycles. The van der Waals surface area contributed by atoms with Gasteiger partial charge in [0.05, 0.1) is 17.2 Å². The van der Waals surface area contributed by atoms with Crippen molar-refractivity contribution in [2.75, 3.05) is 27.2 Å². The second kappa shape index (κ2) is 6.62. The molecule has 3 aromatic rings. The Morgan fingerprint density at radius 2 is 1.83 bits per heavy atom. The molecule has 0 bridgehead atoms. The molecule has 1 N–H and O–H groups in total. The maximum absolute atomic E-state index is 11.9. The van der Waals surface area contributed by atoms with E-state index in [2.05, 4.69) is 14.9 Å². The average molecular weight is 309 g/mol. The van der Waals surface area contributed by atoms with Crippen LogP contribution in [0.3, 0.4) is 0 Å². The fourth-order valence-electron chi connectivity index (χ4n) is 2.34. The number of likely N-dealkylation sites (N-methyl/N-ethyl adjacent to an activating group) is 1. The monoisotopic (exact) mass is 309 g/mol. The zero-order valence-corrected chi connectivity index (χ0v) is 13.2. The maximum Gasteiger partial charge on any atom is 0.258 e. The van der Waals surface area contributed by atoms with Crippen LogP contribution in [0, 0.1) is 0 Å². The third kappa shape index (κ3) is 3.57. The lowest BCUT2D eigenvalue weighted by Gasteiger charge is -2.11. The van der Waals surface area contributed by atoms with Crippen LogP contribution in [-0.4, -0.2) is 42.1 Å². The first kappa shape index (κ1) is 15.2. The number of aromatic nitrogens is 2. The molecular weight excluding hydrogens is 290 g/mol. The third-order valence-corrected chi connectivity index (χ3v) is 3.64. The molecule has 1 aromatic heterocycles. The molecule has 0 aliphatic rings. The molecule has 1 heterocycles.